The fourth-order valence-electron chi connectivity index (χ4n) is 4.29. The summed E-state index contributed by atoms with van der Waals surface area (Å²) in [6, 6.07) is 8.29. The Bertz CT molecular complexity index is 653. The van der Waals surface area contributed by atoms with Crippen LogP contribution in [-0.4, -0.2) is 74.1 Å². The van der Waals surface area contributed by atoms with Crippen molar-refractivity contribution in [3.05, 3.63) is 35.4 Å². The first-order valence-corrected chi connectivity index (χ1v) is 10.4. The maximum Gasteiger partial charge on any atom is 0.253 e. The Morgan fingerprint density at radius 1 is 1.11 bits per heavy atom. The molecule has 0 aliphatic carbocycles. The smallest absolute Gasteiger partial charge is 0.253 e. The van der Waals surface area contributed by atoms with Crippen molar-refractivity contribution in [2.24, 2.45) is 5.92 Å². The lowest BCUT2D eigenvalue weighted by atomic mass is 9.93. The highest BCUT2D eigenvalue weighted by atomic mass is 16.5. The first-order valence-electron chi connectivity index (χ1n) is 10.4. The number of nitrogens with one attached hydrogen (secondary N) is 1. The second kappa shape index (κ2) is 10.0. The van der Waals surface area contributed by atoms with Gasteiger partial charge in [-0.15, -0.1) is 0 Å². The van der Waals surface area contributed by atoms with Gasteiger partial charge in [0.25, 0.3) is 5.91 Å². The summed E-state index contributed by atoms with van der Waals surface area (Å²) in [4.78, 5) is 29.5. The van der Waals surface area contributed by atoms with Crippen LogP contribution in [0.1, 0.15) is 41.6 Å². The molecule has 0 radical (unpaired) electrons. The van der Waals surface area contributed by atoms with E-state index < -0.39 is 0 Å². The molecule has 0 aromatic heterocycles. The van der Waals surface area contributed by atoms with E-state index in [1.807, 2.05) is 36.1 Å². The number of carbonyl (C=O) groups is 2. The monoisotopic (exact) mass is 387 g/mol. The van der Waals surface area contributed by atoms with E-state index in [0.29, 0.717) is 19.2 Å². The van der Waals surface area contributed by atoms with Crippen LogP contribution in [0.15, 0.2) is 24.3 Å². The Balaban J connectivity index is 1.48. The molecular formula is C22H33N3O3. The maximum atomic E-state index is 12.7. The zero-order valence-corrected chi connectivity index (χ0v) is 17.2. The number of rotatable bonds is 6. The first kappa shape index (κ1) is 20.8. The van der Waals surface area contributed by atoms with Crippen molar-refractivity contribution in [3.63, 3.8) is 0 Å². The van der Waals surface area contributed by atoms with E-state index in [0.717, 1.165) is 57.4 Å². The van der Waals surface area contributed by atoms with E-state index in [-0.39, 0.29) is 17.7 Å². The van der Waals surface area contributed by atoms with Gasteiger partial charge in [-0.05, 0) is 51.3 Å². The zero-order valence-electron chi connectivity index (χ0n) is 17.2. The minimum Gasteiger partial charge on any atom is -0.383 e. The van der Waals surface area contributed by atoms with Crippen LogP contribution in [0, 0.1) is 12.8 Å². The largest absolute Gasteiger partial charge is 0.383 e. The lowest BCUT2D eigenvalue weighted by molar-refractivity contribution is -0.127. The van der Waals surface area contributed by atoms with Gasteiger partial charge in [0, 0.05) is 44.9 Å². The molecule has 6 heteroatoms. The highest BCUT2D eigenvalue weighted by molar-refractivity contribution is 5.94. The molecule has 0 spiro atoms. The molecule has 3 rings (SSSR count). The fraction of sp³-hybridized carbons (Fsp3) is 0.636. The Hall–Kier alpha value is -1.92. The quantitative estimate of drug-likeness (QED) is 0.759. The average Bonchev–Trinajstić information content (AvgIpc) is 2.74. The molecule has 2 heterocycles. The predicted molar refractivity (Wildman–Crippen MR) is 109 cm³/mol. The molecule has 0 saturated carbocycles. The second-order valence-corrected chi connectivity index (χ2v) is 8.01. The van der Waals surface area contributed by atoms with Crippen LogP contribution >= 0.6 is 0 Å². The maximum absolute atomic E-state index is 12.7. The van der Waals surface area contributed by atoms with Gasteiger partial charge in [0.05, 0.1) is 12.5 Å². The van der Waals surface area contributed by atoms with Crippen molar-refractivity contribution in [2.75, 3.05) is 46.4 Å². The second-order valence-electron chi connectivity index (χ2n) is 8.01. The van der Waals surface area contributed by atoms with E-state index >= 15 is 0 Å². The lowest BCUT2D eigenvalue weighted by Crippen LogP contribution is -2.51. The molecule has 1 aromatic rings. The summed E-state index contributed by atoms with van der Waals surface area (Å²) in [6.45, 7) is 6.62. The number of methoxy groups -OCH3 is 1. The predicted octanol–water partition coefficient (Wildman–Crippen LogP) is 2.07. The molecule has 2 amide bonds. The third-order valence-electron chi connectivity index (χ3n) is 6.00. The lowest BCUT2D eigenvalue weighted by Gasteiger charge is -2.42. The van der Waals surface area contributed by atoms with Crippen LogP contribution in [0.4, 0.5) is 0 Å². The van der Waals surface area contributed by atoms with Gasteiger partial charge in [0.15, 0.2) is 0 Å². The van der Waals surface area contributed by atoms with Gasteiger partial charge in [-0.3, -0.25) is 14.5 Å². The topological polar surface area (TPSA) is 61.9 Å². The highest BCUT2D eigenvalue weighted by Gasteiger charge is 2.32. The summed E-state index contributed by atoms with van der Waals surface area (Å²) in [7, 11) is 1.64. The van der Waals surface area contributed by atoms with Crippen molar-refractivity contribution in [1.82, 2.24) is 15.1 Å². The minimum atomic E-state index is 0.0674. The van der Waals surface area contributed by atoms with E-state index in [1.54, 1.807) is 7.11 Å². The van der Waals surface area contributed by atoms with Crippen LogP contribution in [0.5, 0.6) is 0 Å². The molecular weight excluding hydrogens is 354 g/mol. The Labute approximate surface area is 168 Å². The molecule has 0 bridgehead atoms. The summed E-state index contributed by atoms with van der Waals surface area (Å²) >= 11 is 0. The SMILES string of the molecule is COCCNC(=O)[C@@H]1CCCN(C2CCN(C(=O)c3ccc(C)cc3)CC2)C1. The van der Waals surface area contributed by atoms with Crippen molar-refractivity contribution >= 4 is 11.8 Å². The first-order chi connectivity index (χ1) is 13.6. The van der Waals surface area contributed by atoms with Crippen molar-refractivity contribution in [2.45, 2.75) is 38.6 Å². The highest BCUT2D eigenvalue weighted by Crippen LogP contribution is 2.24. The molecule has 1 N–H and O–H groups in total. The van der Waals surface area contributed by atoms with Crippen molar-refractivity contribution < 1.29 is 14.3 Å². The van der Waals surface area contributed by atoms with E-state index in [4.69, 9.17) is 4.74 Å². The number of likely N-dealkylation sites (tertiary alicyclic amines) is 2. The van der Waals surface area contributed by atoms with Crippen LogP contribution in [0.2, 0.25) is 0 Å². The van der Waals surface area contributed by atoms with Gasteiger partial charge < -0.3 is 15.0 Å². The molecule has 154 valence electrons. The van der Waals surface area contributed by atoms with E-state index in [2.05, 4.69) is 10.2 Å². The number of carbonyl (C=O) groups excluding carboxylic acids is 2. The minimum absolute atomic E-state index is 0.0674. The molecule has 2 aliphatic heterocycles. The summed E-state index contributed by atoms with van der Waals surface area (Å²) < 4.78 is 5.01. The molecule has 28 heavy (non-hydrogen) atoms. The number of amides is 2. The summed E-state index contributed by atoms with van der Waals surface area (Å²) in [5, 5.41) is 2.98. The molecule has 1 atom stereocenters. The number of aryl methyl sites for hydroxylation is 1. The fourth-order valence-corrected chi connectivity index (χ4v) is 4.29. The van der Waals surface area contributed by atoms with Crippen molar-refractivity contribution in [1.29, 1.82) is 0 Å². The van der Waals surface area contributed by atoms with Crippen LogP contribution in [-0.2, 0) is 9.53 Å². The van der Waals surface area contributed by atoms with Gasteiger partial charge in [-0.1, -0.05) is 17.7 Å². The van der Waals surface area contributed by atoms with Gasteiger partial charge in [-0.25, -0.2) is 0 Å². The van der Waals surface area contributed by atoms with Crippen LogP contribution in [0.25, 0.3) is 0 Å². The van der Waals surface area contributed by atoms with Gasteiger partial charge in [0.2, 0.25) is 5.91 Å². The molecule has 2 saturated heterocycles. The molecule has 2 fully saturated rings. The van der Waals surface area contributed by atoms with Gasteiger partial charge >= 0.3 is 0 Å². The van der Waals surface area contributed by atoms with E-state index in [9.17, 15) is 9.59 Å². The average molecular weight is 388 g/mol. The molecule has 2 aliphatic rings. The van der Waals surface area contributed by atoms with Crippen LogP contribution in [0.3, 0.4) is 0 Å². The molecule has 0 unspecified atom stereocenters. The number of ether oxygens (including phenoxy) is 1. The number of piperidine rings is 2. The zero-order chi connectivity index (χ0) is 19.9. The third kappa shape index (κ3) is 5.32. The third-order valence-corrected chi connectivity index (χ3v) is 6.00. The Morgan fingerprint density at radius 2 is 1.82 bits per heavy atom. The number of hydrogen-bond acceptors (Lipinski definition) is 4. The van der Waals surface area contributed by atoms with Crippen molar-refractivity contribution in [3.8, 4) is 0 Å². The summed E-state index contributed by atoms with van der Waals surface area (Å²) in [5.74, 6) is 0.346. The number of hydrogen-bond donors (Lipinski definition) is 1. The number of nitrogens with zero attached hydrogens (tertiary/aromatic N) is 2. The Kier molecular flexibility index (Phi) is 7.45. The standard InChI is InChI=1S/C22H33N3O3/c1-17-5-7-18(8-6-17)22(27)24-13-9-20(10-14-24)25-12-3-4-19(16-25)21(26)23-11-15-28-2/h5-8,19-20H,3-4,9-16H2,1-2H3,(H,23,26)/t19-/m1/s1. The van der Waals surface area contributed by atoms with Gasteiger partial charge in [-0.2, -0.15) is 0 Å². The van der Waals surface area contributed by atoms with E-state index in [1.165, 1.54) is 5.56 Å². The normalized spacial score (nSPS) is 21.5. The van der Waals surface area contributed by atoms with Crippen LogP contribution < -0.4 is 5.32 Å². The van der Waals surface area contributed by atoms with Gasteiger partial charge in [0.1, 0.15) is 0 Å². The molecule has 1 aromatic carbocycles. The number of benzene rings is 1. The summed E-state index contributed by atoms with van der Waals surface area (Å²) in [5.41, 5.74) is 1.94. The molecule has 6 nitrogen and oxygen atoms in total. The Morgan fingerprint density at radius 3 is 2.50 bits per heavy atom. The summed E-state index contributed by atoms with van der Waals surface area (Å²) in [6.07, 6.45) is 3.98.